The second kappa shape index (κ2) is 5.32. The third-order valence-corrected chi connectivity index (χ3v) is 6.94. The molecule has 0 aromatic carbocycles. The molecule has 1 saturated heterocycles. The van der Waals surface area contributed by atoms with Gasteiger partial charge in [0.15, 0.2) is 0 Å². The number of hydrogen-bond acceptors (Lipinski definition) is 6. The van der Waals surface area contributed by atoms with E-state index < -0.39 is 17.9 Å². The van der Waals surface area contributed by atoms with Crippen LogP contribution in [0.3, 0.4) is 0 Å². The Kier molecular flexibility index (Phi) is 3.28. The molecule has 0 radical (unpaired) electrons. The number of carbonyl (C=O) groups excluding carboxylic acids is 3. The summed E-state index contributed by atoms with van der Waals surface area (Å²) in [6.07, 6.45) is 5.99. The lowest BCUT2D eigenvalue weighted by Crippen LogP contribution is -2.44. The van der Waals surface area contributed by atoms with Gasteiger partial charge in [0.05, 0.1) is 24.4 Å². The molecule has 0 aromatic heterocycles. The zero-order valence-electron chi connectivity index (χ0n) is 14.1. The van der Waals surface area contributed by atoms with Gasteiger partial charge in [-0.05, 0) is 38.0 Å². The predicted molar refractivity (Wildman–Crippen MR) is 83.8 cm³/mol. The Morgan fingerprint density at radius 1 is 1.16 bits per heavy atom. The van der Waals surface area contributed by atoms with Crippen LogP contribution in [0.25, 0.3) is 0 Å². The van der Waals surface area contributed by atoms with Gasteiger partial charge in [0.2, 0.25) is 0 Å². The van der Waals surface area contributed by atoms with Crippen molar-refractivity contribution in [2.24, 2.45) is 41.4 Å². The Bertz CT molecular complexity index is 669. The van der Waals surface area contributed by atoms with Gasteiger partial charge < -0.3 is 14.2 Å². The summed E-state index contributed by atoms with van der Waals surface area (Å²) in [5.74, 6) is -1.37. The molecule has 3 saturated carbocycles. The van der Waals surface area contributed by atoms with Crippen molar-refractivity contribution in [3.63, 3.8) is 0 Å². The van der Waals surface area contributed by atoms with Crippen LogP contribution in [0.1, 0.15) is 26.2 Å². The van der Waals surface area contributed by atoms with Crippen molar-refractivity contribution in [2.45, 2.75) is 38.4 Å². The molecular formula is C19H22O6. The van der Waals surface area contributed by atoms with Crippen LogP contribution < -0.4 is 0 Å². The molecule has 0 amide bonds. The molecule has 0 spiro atoms. The van der Waals surface area contributed by atoms with E-state index in [1.54, 1.807) is 6.92 Å². The average Bonchev–Trinajstić information content (AvgIpc) is 3.36. The molecule has 0 aromatic rings. The van der Waals surface area contributed by atoms with E-state index in [2.05, 4.69) is 12.2 Å². The van der Waals surface area contributed by atoms with Crippen molar-refractivity contribution in [1.29, 1.82) is 0 Å². The Labute approximate surface area is 145 Å². The van der Waals surface area contributed by atoms with Crippen LogP contribution in [0.15, 0.2) is 12.2 Å². The summed E-state index contributed by atoms with van der Waals surface area (Å²) in [6.45, 7) is 2.03. The van der Waals surface area contributed by atoms with E-state index in [1.165, 1.54) is 0 Å². The van der Waals surface area contributed by atoms with Gasteiger partial charge in [-0.15, -0.1) is 0 Å². The highest BCUT2D eigenvalue weighted by Crippen LogP contribution is 2.59. The van der Waals surface area contributed by atoms with Crippen LogP contribution in [0.5, 0.6) is 0 Å². The van der Waals surface area contributed by atoms with Crippen LogP contribution in [0.2, 0.25) is 0 Å². The maximum atomic E-state index is 12.7. The summed E-state index contributed by atoms with van der Waals surface area (Å²) < 4.78 is 16.5. The number of esters is 3. The van der Waals surface area contributed by atoms with E-state index in [-0.39, 0.29) is 54.3 Å². The molecule has 25 heavy (non-hydrogen) atoms. The zero-order chi connectivity index (χ0) is 17.3. The number of carbonyl (C=O) groups is 3. The average molecular weight is 346 g/mol. The highest BCUT2D eigenvalue weighted by molar-refractivity contribution is 5.86. The van der Waals surface area contributed by atoms with Crippen molar-refractivity contribution in [3.8, 4) is 0 Å². The standard InChI is InChI=1S/C19H22O6/c1-2-23-18(21)13-11-7-12-14(13)19(22)25-16(12)15(11)24-17(20)10-6-8-3-4-9(10)5-8/h3-4,8-16H,2,5-7H2,1H3. The van der Waals surface area contributed by atoms with Crippen molar-refractivity contribution < 1.29 is 28.6 Å². The summed E-state index contributed by atoms with van der Waals surface area (Å²) in [6, 6.07) is 0. The SMILES string of the molecule is CCOC(=O)C1C2CC3C(OC(=O)C31)C2OC(=O)C1CC2C=CC1C2. The summed E-state index contributed by atoms with van der Waals surface area (Å²) in [5.41, 5.74) is 0. The summed E-state index contributed by atoms with van der Waals surface area (Å²) in [7, 11) is 0. The first-order chi connectivity index (χ1) is 12.1. The fourth-order valence-corrected chi connectivity index (χ4v) is 5.98. The van der Waals surface area contributed by atoms with Crippen molar-refractivity contribution >= 4 is 17.9 Å². The molecule has 134 valence electrons. The molecule has 4 fully saturated rings. The van der Waals surface area contributed by atoms with Gasteiger partial charge in [0, 0.05) is 11.8 Å². The molecule has 4 aliphatic carbocycles. The molecule has 5 rings (SSSR count). The number of fused-ring (bicyclic) bond motifs is 3. The molecule has 1 heterocycles. The van der Waals surface area contributed by atoms with E-state index in [0.717, 1.165) is 12.8 Å². The highest BCUT2D eigenvalue weighted by Gasteiger charge is 2.70. The lowest BCUT2D eigenvalue weighted by molar-refractivity contribution is -0.170. The Morgan fingerprint density at radius 2 is 2.00 bits per heavy atom. The van der Waals surface area contributed by atoms with Crippen LogP contribution in [0.4, 0.5) is 0 Å². The van der Waals surface area contributed by atoms with Crippen molar-refractivity contribution in [3.05, 3.63) is 12.2 Å². The summed E-state index contributed by atoms with van der Waals surface area (Å²) in [5, 5.41) is 0. The van der Waals surface area contributed by atoms with E-state index in [4.69, 9.17) is 14.2 Å². The maximum absolute atomic E-state index is 12.7. The van der Waals surface area contributed by atoms with Gasteiger partial charge >= 0.3 is 17.9 Å². The first-order valence-corrected chi connectivity index (χ1v) is 9.34. The van der Waals surface area contributed by atoms with Gasteiger partial charge in [0.25, 0.3) is 0 Å². The van der Waals surface area contributed by atoms with Crippen LogP contribution in [0, 0.1) is 41.4 Å². The van der Waals surface area contributed by atoms with Gasteiger partial charge in [-0.25, -0.2) is 0 Å². The number of ether oxygens (including phenoxy) is 3. The summed E-state index contributed by atoms with van der Waals surface area (Å²) in [4.78, 5) is 37.3. The molecule has 5 aliphatic rings. The molecule has 6 heteroatoms. The lowest BCUT2D eigenvalue weighted by atomic mass is 9.78. The van der Waals surface area contributed by atoms with Gasteiger partial charge in [0.1, 0.15) is 12.2 Å². The molecule has 6 nitrogen and oxygen atoms in total. The van der Waals surface area contributed by atoms with E-state index in [1.807, 2.05) is 0 Å². The molecule has 9 unspecified atom stereocenters. The van der Waals surface area contributed by atoms with Crippen LogP contribution in [-0.2, 0) is 28.6 Å². The van der Waals surface area contributed by atoms with Crippen molar-refractivity contribution in [2.75, 3.05) is 6.61 Å². The smallest absolute Gasteiger partial charge is 0.310 e. The second-order valence-corrected chi connectivity index (χ2v) is 8.06. The maximum Gasteiger partial charge on any atom is 0.310 e. The molecule has 9 atom stereocenters. The monoisotopic (exact) mass is 346 g/mol. The Morgan fingerprint density at radius 3 is 2.68 bits per heavy atom. The van der Waals surface area contributed by atoms with Gasteiger partial charge in [-0.1, -0.05) is 12.2 Å². The van der Waals surface area contributed by atoms with E-state index in [9.17, 15) is 14.4 Å². The number of allylic oxidation sites excluding steroid dienone is 2. The quantitative estimate of drug-likeness (QED) is 0.436. The third-order valence-electron chi connectivity index (χ3n) is 6.94. The fraction of sp³-hybridized carbons (Fsp3) is 0.737. The second-order valence-electron chi connectivity index (χ2n) is 8.06. The number of hydrogen-bond donors (Lipinski definition) is 0. The molecule has 4 bridgehead atoms. The predicted octanol–water partition coefficient (Wildman–Crippen LogP) is 1.48. The van der Waals surface area contributed by atoms with E-state index >= 15 is 0 Å². The minimum atomic E-state index is -0.533. The largest absolute Gasteiger partial charge is 0.466 e. The zero-order valence-corrected chi connectivity index (χ0v) is 14.1. The lowest BCUT2D eigenvalue weighted by Gasteiger charge is -2.31. The van der Waals surface area contributed by atoms with Gasteiger partial charge in [-0.2, -0.15) is 0 Å². The fourth-order valence-electron chi connectivity index (χ4n) is 5.98. The van der Waals surface area contributed by atoms with Crippen LogP contribution >= 0.6 is 0 Å². The van der Waals surface area contributed by atoms with Crippen molar-refractivity contribution in [1.82, 2.24) is 0 Å². The Balaban J connectivity index is 1.36. The first kappa shape index (κ1) is 15.4. The minimum Gasteiger partial charge on any atom is -0.466 e. The number of rotatable bonds is 4. The van der Waals surface area contributed by atoms with Gasteiger partial charge in [-0.3, -0.25) is 14.4 Å². The first-order valence-electron chi connectivity index (χ1n) is 9.34. The molecular weight excluding hydrogens is 324 g/mol. The van der Waals surface area contributed by atoms with E-state index in [0.29, 0.717) is 12.3 Å². The third kappa shape index (κ3) is 2.06. The summed E-state index contributed by atoms with van der Waals surface area (Å²) >= 11 is 0. The highest BCUT2D eigenvalue weighted by atomic mass is 16.6. The molecule has 0 N–H and O–H groups in total. The molecule has 1 aliphatic heterocycles. The Hall–Kier alpha value is -1.85. The van der Waals surface area contributed by atoms with Crippen LogP contribution in [-0.4, -0.2) is 36.7 Å². The topological polar surface area (TPSA) is 78.9 Å². The normalized spacial score (nSPS) is 48.0. The minimum absolute atomic E-state index is 0.0235.